The summed E-state index contributed by atoms with van der Waals surface area (Å²) in [5.41, 5.74) is 0.188. The zero-order chi connectivity index (χ0) is 14.6. The highest BCUT2D eigenvalue weighted by atomic mass is 16.5. The van der Waals surface area contributed by atoms with E-state index in [-0.39, 0.29) is 23.6 Å². The number of Topliss-reactive ketones (excluding diaryl/α,β-unsaturated/α-hetero) is 1. The zero-order valence-corrected chi connectivity index (χ0v) is 12.0. The third kappa shape index (κ3) is 1.74. The van der Waals surface area contributed by atoms with Crippen LogP contribution in [-0.4, -0.2) is 24.0 Å². The van der Waals surface area contributed by atoms with Gasteiger partial charge in [0.2, 0.25) is 0 Å². The molecule has 2 aliphatic carbocycles. The molecule has 4 rings (SSSR count). The molecule has 1 aromatic rings. The molecule has 0 amide bonds. The lowest BCUT2D eigenvalue weighted by atomic mass is 9.84. The van der Waals surface area contributed by atoms with E-state index in [1.165, 1.54) is 0 Å². The van der Waals surface area contributed by atoms with E-state index in [1.54, 1.807) is 0 Å². The molecule has 110 valence electrons. The molecule has 0 N–H and O–H groups in total. The fourth-order valence-corrected chi connectivity index (χ4v) is 4.32. The number of fused-ring (bicyclic) bond motifs is 3. The number of carbonyl (C=O) groups excluding carboxylic acids is 2. The molecule has 2 fully saturated rings. The number of rotatable bonds is 2. The Kier molecular flexibility index (Phi) is 2.65. The summed E-state index contributed by atoms with van der Waals surface area (Å²) >= 11 is 0. The van der Waals surface area contributed by atoms with Crippen LogP contribution in [0, 0.1) is 17.8 Å². The van der Waals surface area contributed by atoms with Crippen molar-refractivity contribution < 1.29 is 19.1 Å². The summed E-state index contributed by atoms with van der Waals surface area (Å²) in [6.45, 7) is 2.23. The average Bonchev–Trinajstić information content (AvgIpc) is 3.12. The van der Waals surface area contributed by atoms with E-state index in [0.29, 0.717) is 30.3 Å². The third-order valence-electron chi connectivity index (χ3n) is 5.20. The molecule has 4 atom stereocenters. The normalized spacial score (nSPS) is 35.9. The highest BCUT2D eigenvalue weighted by Crippen LogP contribution is 2.65. The molecule has 1 aliphatic heterocycles. The van der Waals surface area contributed by atoms with E-state index in [0.717, 1.165) is 12.8 Å². The first-order valence-corrected chi connectivity index (χ1v) is 7.64. The van der Waals surface area contributed by atoms with Gasteiger partial charge in [-0.05, 0) is 37.8 Å². The van der Waals surface area contributed by atoms with Crippen LogP contribution in [0.3, 0.4) is 0 Å². The van der Waals surface area contributed by atoms with Gasteiger partial charge in [-0.3, -0.25) is 9.59 Å². The van der Waals surface area contributed by atoms with Crippen molar-refractivity contribution in [2.75, 3.05) is 6.61 Å². The van der Waals surface area contributed by atoms with Crippen molar-refractivity contribution in [1.82, 2.24) is 0 Å². The molecule has 1 aromatic carbocycles. The first kappa shape index (κ1) is 12.9. The summed E-state index contributed by atoms with van der Waals surface area (Å²) in [4.78, 5) is 24.4. The zero-order valence-electron chi connectivity index (χ0n) is 12.0. The summed E-state index contributed by atoms with van der Waals surface area (Å²) in [5.74, 6) is 1.09. The minimum Gasteiger partial charge on any atom is -0.486 e. The molecule has 4 heteroatoms. The first-order valence-electron chi connectivity index (χ1n) is 7.64. The highest BCUT2D eigenvalue weighted by Gasteiger charge is 2.71. The molecular weight excluding hydrogens is 268 g/mol. The third-order valence-corrected chi connectivity index (χ3v) is 5.20. The number of carbonyl (C=O) groups is 2. The molecule has 0 saturated heterocycles. The van der Waals surface area contributed by atoms with Crippen LogP contribution in [0.5, 0.6) is 5.75 Å². The van der Waals surface area contributed by atoms with Gasteiger partial charge >= 0.3 is 5.97 Å². The summed E-state index contributed by atoms with van der Waals surface area (Å²) in [6, 6.07) is 7.40. The molecule has 4 nitrogen and oxygen atoms in total. The first-order chi connectivity index (χ1) is 10.2. The minimum atomic E-state index is -0.479. The smallest absolute Gasteiger partial charge is 0.309 e. The summed E-state index contributed by atoms with van der Waals surface area (Å²) in [7, 11) is 0. The highest BCUT2D eigenvalue weighted by molar-refractivity contribution is 6.00. The number of hydrogen-bond acceptors (Lipinski definition) is 4. The van der Waals surface area contributed by atoms with Gasteiger partial charge in [0.25, 0.3) is 0 Å². The number of benzene rings is 1. The van der Waals surface area contributed by atoms with Crippen LogP contribution in [0.1, 0.15) is 36.5 Å². The van der Waals surface area contributed by atoms with Crippen molar-refractivity contribution in [2.45, 2.75) is 31.8 Å². The number of hydrogen-bond donors (Lipinski definition) is 0. The van der Waals surface area contributed by atoms with Crippen LogP contribution in [0.2, 0.25) is 0 Å². The van der Waals surface area contributed by atoms with Gasteiger partial charge in [-0.25, -0.2) is 0 Å². The maximum absolute atomic E-state index is 12.4. The second-order valence-corrected chi connectivity index (χ2v) is 6.27. The second kappa shape index (κ2) is 4.33. The van der Waals surface area contributed by atoms with Crippen LogP contribution < -0.4 is 4.74 Å². The monoisotopic (exact) mass is 286 g/mol. The van der Waals surface area contributed by atoms with Crippen LogP contribution in [0.15, 0.2) is 24.3 Å². The maximum atomic E-state index is 12.4. The standard InChI is InChI=1S/C17H18O4/c1-2-20-16(19)14-11-7-8-17(15(11)14)9-12(18)10-5-3-4-6-13(10)21-17/h3-6,11,14-15H,2,7-9H2,1H3/t11-,14-,15-,17+/m0/s1. The van der Waals surface area contributed by atoms with Gasteiger partial charge in [0.05, 0.1) is 24.5 Å². The van der Waals surface area contributed by atoms with Crippen molar-refractivity contribution in [3.8, 4) is 5.75 Å². The molecule has 2 saturated carbocycles. The Morgan fingerprint density at radius 1 is 1.43 bits per heavy atom. The Balaban J connectivity index is 1.63. The lowest BCUT2D eigenvalue weighted by molar-refractivity contribution is -0.146. The summed E-state index contributed by atoms with van der Waals surface area (Å²) in [6.07, 6.45) is 2.20. The summed E-state index contributed by atoms with van der Waals surface area (Å²) < 4.78 is 11.4. The van der Waals surface area contributed by atoms with Gasteiger partial charge in [-0.15, -0.1) is 0 Å². The van der Waals surface area contributed by atoms with E-state index in [4.69, 9.17) is 9.47 Å². The number of esters is 1. The molecule has 0 unspecified atom stereocenters. The van der Waals surface area contributed by atoms with Crippen LogP contribution in [-0.2, 0) is 9.53 Å². The predicted molar refractivity (Wildman–Crippen MR) is 75.1 cm³/mol. The predicted octanol–water partition coefficient (Wildman–Crippen LogP) is 2.61. The van der Waals surface area contributed by atoms with E-state index >= 15 is 0 Å². The van der Waals surface area contributed by atoms with Crippen molar-refractivity contribution in [2.24, 2.45) is 17.8 Å². The maximum Gasteiger partial charge on any atom is 0.309 e. The molecule has 1 spiro atoms. The molecule has 21 heavy (non-hydrogen) atoms. The van der Waals surface area contributed by atoms with Gasteiger partial charge in [-0.1, -0.05) is 12.1 Å². The van der Waals surface area contributed by atoms with Crippen molar-refractivity contribution in [3.63, 3.8) is 0 Å². The van der Waals surface area contributed by atoms with Gasteiger partial charge < -0.3 is 9.47 Å². The Bertz CT molecular complexity index is 623. The molecule has 0 bridgehead atoms. The molecule has 0 aromatic heterocycles. The molecule has 1 heterocycles. The van der Waals surface area contributed by atoms with Crippen molar-refractivity contribution in [3.05, 3.63) is 29.8 Å². The Morgan fingerprint density at radius 2 is 2.24 bits per heavy atom. The van der Waals surface area contributed by atoms with Crippen LogP contribution in [0.4, 0.5) is 0 Å². The number of ketones is 1. The fraction of sp³-hybridized carbons (Fsp3) is 0.529. The Hall–Kier alpha value is -1.84. The largest absolute Gasteiger partial charge is 0.486 e. The lowest BCUT2D eigenvalue weighted by Crippen LogP contribution is -2.43. The van der Waals surface area contributed by atoms with Gasteiger partial charge in [0, 0.05) is 5.92 Å². The average molecular weight is 286 g/mol. The minimum absolute atomic E-state index is 0.0724. The summed E-state index contributed by atoms with van der Waals surface area (Å²) in [5, 5.41) is 0. The van der Waals surface area contributed by atoms with Crippen molar-refractivity contribution in [1.29, 1.82) is 0 Å². The topological polar surface area (TPSA) is 52.6 Å². The van der Waals surface area contributed by atoms with E-state index in [1.807, 2.05) is 31.2 Å². The molecule has 0 radical (unpaired) electrons. The van der Waals surface area contributed by atoms with Gasteiger partial charge in [0.1, 0.15) is 11.4 Å². The quantitative estimate of drug-likeness (QED) is 0.784. The van der Waals surface area contributed by atoms with Gasteiger partial charge in [-0.2, -0.15) is 0 Å². The van der Waals surface area contributed by atoms with Crippen LogP contribution >= 0.6 is 0 Å². The Morgan fingerprint density at radius 3 is 3.05 bits per heavy atom. The van der Waals surface area contributed by atoms with E-state index in [2.05, 4.69) is 0 Å². The Labute approximate surface area is 123 Å². The SMILES string of the molecule is CCOC(=O)[C@H]1[C@@H]2CC[C@@]3(CC(=O)c4ccccc4O3)[C@@H]21. The van der Waals surface area contributed by atoms with E-state index in [9.17, 15) is 9.59 Å². The van der Waals surface area contributed by atoms with E-state index < -0.39 is 5.60 Å². The molecular formula is C17H18O4. The molecule has 3 aliphatic rings. The van der Waals surface area contributed by atoms with Gasteiger partial charge in [0.15, 0.2) is 5.78 Å². The van der Waals surface area contributed by atoms with Crippen molar-refractivity contribution >= 4 is 11.8 Å². The number of ether oxygens (including phenoxy) is 2. The fourth-order valence-electron chi connectivity index (χ4n) is 4.32. The number of para-hydroxylation sites is 1. The van der Waals surface area contributed by atoms with Crippen LogP contribution in [0.25, 0.3) is 0 Å². The lowest BCUT2D eigenvalue weighted by Gasteiger charge is -2.36. The second-order valence-electron chi connectivity index (χ2n) is 6.27.